The van der Waals surface area contributed by atoms with Gasteiger partial charge in [0.05, 0.1) is 22.1 Å². The van der Waals surface area contributed by atoms with Gasteiger partial charge in [-0.1, -0.05) is 188 Å². The van der Waals surface area contributed by atoms with Gasteiger partial charge >= 0.3 is 0 Å². The zero-order valence-corrected chi connectivity index (χ0v) is 33.5. The maximum Gasteiger partial charge on any atom is 0.252 e. The Labute approximate surface area is 357 Å². The second kappa shape index (κ2) is 10.9. The van der Waals surface area contributed by atoms with Crippen LogP contribution < -0.4 is 16.4 Å². The Bertz CT molecular complexity index is 4000. The molecule has 282 valence electrons. The Morgan fingerprint density at radius 1 is 0.355 bits per heavy atom. The average molecular weight is 781 g/mol. The maximum atomic E-state index is 2.72. The van der Waals surface area contributed by atoms with E-state index in [1.54, 1.807) is 0 Å². The average Bonchev–Trinajstić information content (AvgIpc) is 3.97. The summed E-state index contributed by atoms with van der Waals surface area (Å²) in [5, 5.41) is 7.79. The highest BCUT2D eigenvalue weighted by Gasteiger charge is 2.54. The SMILES string of the molecule is c1ccc(-c2cccc3cccc(-c4cc5c6c7c4-n4c8ccccc8c8cccc(c84)B7c4cccc7c8cccc(c8n-6c47)C54c5ccccc5-c5ccccc54)c23)cc1. The summed E-state index contributed by atoms with van der Waals surface area (Å²) in [5.41, 5.74) is 24.6. The largest absolute Gasteiger partial charge is 0.310 e. The lowest BCUT2D eigenvalue weighted by molar-refractivity contribution is 0.749. The number of para-hydroxylation sites is 4. The lowest BCUT2D eigenvalue weighted by atomic mass is 9.33. The molecule has 0 saturated heterocycles. The van der Waals surface area contributed by atoms with Gasteiger partial charge in [0.25, 0.3) is 6.71 Å². The highest BCUT2D eigenvalue weighted by atomic mass is 15.1. The van der Waals surface area contributed by atoms with Crippen molar-refractivity contribution >= 4 is 77.5 Å². The van der Waals surface area contributed by atoms with Crippen LogP contribution in [-0.2, 0) is 5.41 Å². The van der Waals surface area contributed by atoms with Crippen molar-refractivity contribution in [1.29, 1.82) is 0 Å². The van der Waals surface area contributed by atoms with E-state index in [1.165, 1.54) is 138 Å². The van der Waals surface area contributed by atoms with Crippen LogP contribution in [0.4, 0.5) is 0 Å². The Morgan fingerprint density at radius 3 is 1.66 bits per heavy atom. The zero-order valence-electron chi connectivity index (χ0n) is 33.5. The van der Waals surface area contributed by atoms with E-state index in [9.17, 15) is 0 Å². The molecule has 0 N–H and O–H groups in total. The molecule has 0 atom stereocenters. The number of hydrogen-bond acceptors (Lipinski definition) is 0. The highest BCUT2D eigenvalue weighted by molar-refractivity contribution is 7.00. The maximum absolute atomic E-state index is 2.72. The van der Waals surface area contributed by atoms with Crippen molar-refractivity contribution in [2.45, 2.75) is 5.41 Å². The van der Waals surface area contributed by atoms with Crippen LogP contribution in [0.2, 0.25) is 0 Å². The van der Waals surface area contributed by atoms with E-state index in [-0.39, 0.29) is 6.71 Å². The van der Waals surface area contributed by atoms with Crippen molar-refractivity contribution in [3.63, 3.8) is 0 Å². The lowest BCUT2D eigenvalue weighted by Gasteiger charge is -2.44. The molecule has 0 bridgehead atoms. The van der Waals surface area contributed by atoms with Gasteiger partial charge in [0.15, 0.2) is 0 Å². The minimum Gasteiger partial charge on any atom is -0.310 e. The van der Waals surface area contributed by atoms with Crippen LogP contribution in [0.1, 0.15) is 22.3 Å². The molecule has 16 rings (SSSR count). The topological polar surface area (TPSA) is 9.86 Å². The smallest absolute Gasteiger partial charge is 0.252 e. The van der Waals surface area contributed by atoms with Crippen LogP contribution >= 0.6 is 0 Å². The van der Waals surface area contributed by atoms with E-state index in [4.69, 9.17) is 0 Å². The van der Waals surface area contributed by atoms with Gasteiger partial charge < -0.3 is 9.13 Å². The number of aromatic nitrogens is 2. The Balaban J connectivity index is 1.21. The monoisotopic (exact) mass is 780 g/mol. The third kappa shape index (κ3) is 3.44. The minimum absolute atomic E-state index is 0.0220. The van der Waals surface area contributed by atoms with Crippen molar-refractivity contribution in [2.24, 2.45) is 0 Å². The summed E-state index contributed by atoms with van der Waals surface area (Å²) in [4.78, 5) is 0. The van der Waals surface area contributed by atoms with Gasteiger partial charge in [-0.05, 0) is 89.4 Å². The quantitative estimate of drug-likeness (QED) is 0.155. The van der Waals surface area contributed by atoms with E-state index in [0.717, 1.165) is 0 Å². The summed E-state index contributed by atoms with van der Waals surface area (Å²) in [5.74, 6) is 0. The van der Waals surface area contributed by atoms with Crippen LogP contribution in [0.3, 0.4) is 0 Å². The van der Waals surface area contributed by atoms with Gasteiger partial charge in [0.2, 0.25) is 0 Å². The van der Waals surface area contributed by atoms with Gasteiger partial charge in [-0.25, -0.2) is 0 Å². The van der Waals surface area contributed by atoms with Crippen molar-refractivity contribution in [2.75, 3.05) is 0 Å². The molecular weight excluding hydrogens is 747 g/mol. The standard InChI is InChI=1S/C59H33BN2/c1-2-15-34(16-3-1)36-22-10-17-35-18-11-23-40(52(35)36)44-33-48-58-53-57(44)61-51-32-9-6-21-39(51)41-25-13-30-49(55(41)61)60(53)50-31-14-26-43-42-24-12-29-47(54(42)62(58)56(43)50)59(48)45-27-7-4-19-37(45)38-20-5-8-28-46(38)59/h1-33H. The molecule has 12 aromatic rings. The molecule has 0 radical (unpaired) electrons. The summed E-state index contributed by atoms with van der Waals surface area (Å²) >= 11 is 0. The fourth-order valence-electron chi connectivity index (χ4n) is 13.2. The zero-order chi connectivity index (χ0) is 40.0. The first-order valence-electron chi connectivity index (χ1n) is 21.9. The third-order valence-electron chi connectivity index (χ3n) is 15.3. The lowest BCUT2D eigenvalue weighted by Crippen LogP contribution is -2.60. The first-order chi connectivity index (χ1) is 30.8. The van der Waals surface area contributed by atoms with Gasteiger partial charge in [-0.15, -0.1) is 0 Å². The Kier molecular flexibility index (Phi) is 5.62. The van der Waals surface area contributed by atoms with Crippen LogP contribution in [0.5, 0.6) is 0 Å². The van der Waals surface area contributed by atoms with Gasteiger partial charge in [0.1, 0.15) is 0 Å². The summed E-state index contributed by atoms with van der Waals surface area (Å²) in [6, 6.07) is 76.4. The second-order valence-corrected chi connectivity index (χ2v) is 17.8. The van der Waals surface area contributed by atoms with Crippen molar-refractivity contribution in [3.05, 3.63) is 222 Å². The molecule has 0 saturated carbocycles. The Morgan fingerprint density at radius 2 is 0.903 bits per heavy atom. The van der Waals surface area contributed by atoms with E-state index < -0.39 is 5.41 Å². The molecule has 10 aromatic carbocycles. The van der Waals surface area contributed by atoms with Crippen LogP contribution in [0.15, 0.2) is 200 Å². The van der Waals surface area contributed by atoms with Crippen molar-refractivity contribution in [3.8, 4) is 44.8 Å². The molecule has 1 aliphatic carbocycles. The van der Waals surface area contributed by atoms with E-state index in [1.807, 2.05) is 0 Å². The predicted molar refractivity (Wildman–Crippen MR) is 259 cm³/mol. The molecule has 5 heterocycles. The van der Waals surface area contributed by atoms with Gasteiger partial charge in [-0.2, -0.15) is 0 Å². The number of benzene rings is 10. The Hall–Kier alpha value is -7.88. The van der Waals surface area contributed by atoms with Crippen LogP contribution in [0, 0.1) is 0 Å². The molecule has 3 heteroatoms. The summed E-state index contributed by atoms with van der Waals surface area (Å²) in [6.07, 6.45) is 0. The number of fused-ring (bicyclic) bond motifs is 15. The summed E-state index contributed by atoms with van der Waals surface area (Å²) < 4.78 is 5.38. The molecule has 1 spiro atoms. The third-order valence-corrected chi connectivity index (χ3v) is 15.3. The van der Waals surface area contributed by atoms with E-state index in [0.29, 0.717) is 0 Å². The van der Waals surface area contributed by atoms with E-state index in [2.05, 4.69) is 209 Å². The molecule has 3 aliphatic heterocycles. The van der Waals surface area contributed by atoms with Crippen LogP contribution in [-0.4, -0.2) is 15.8 Å². The number of nitrogens with zero attached hydrogens (tertiary/aromatic N) is 2. The molecule has 2 aromatic heterocycles. The molecule has 2 nitrogen and oxygen atoms in total. The predicted octanol–water partition coefficient (Wildman–Crippen LogP) is 12.2. The molecule has 0 unspecified atom stereocenters. The first-order valence-corrected chi connectivity index (χ1v) is 21.9. The van der Waals surface area contributed by atoms with Crippen molar-refractivity contribution < 1.29 is 0 Å². The molecule has 0 fully saturated rings. The molecule has 62 heavy (non-hydrogen) atoms. The van der Waals surface area contributed by atoms with E-state index >= 15 is 0 Å². The van der Waals surface area contributed by atoms with Gasteiger partial charge in [0, 0.05) is 43.8 Å². The van der Waals surface area contributed by atoms with Crippen molar-refractivity contribution in [1.82, 2.24) is 9.13 Å². The summed E-state index contributed by atoms with van der Waals surface area (Å²) in [7, 11) is 0. The fourth-order valence-corrected chi connectivity index (χ4v) is 13.2. The highest BCUT2D eigenvalue weighted by Crippen LogP contribution is 2.62. The molecular formula is C59H33BN2. The van der Waals surface area contributed by atoms with Crippen LogP contribution in [0.25, 0.3) is 99.1 Å². The number of hydrogen-bond donors (Lipinski definition) is 0. The van der Waals surface area contributed by atoms with Gasteiger partial charge in [-0.3, -0.25) is 0 Å². The molecule has 0 amide bonds. The normalized spacial score (nSPS) is 14.2. The first kappa shape index (κ1) is 32.0. The molecule has 4 aliphatic rings. The second-order valence-electron chi connectivity index (χ2n) is 17.8. The number of rotatable bonds is 2. The minimum atomic E-state index is -0.559. The fraction of sp³-hybridized carbons (Fsp3) is 0.0169. The summed E-state index contributed by atoms with van der Waals surface area (Å²) in [6.45, 7) is 0.0220.